The minimum atomic E-state index is -0.577. The van der Waals surface area contributed by atoms with E-state index >= 15 is 0 Å². The number of aryl methyl sites for hydroxylation is 1. The molecule has 0 aliphatic carbocycles. The van der Waals surface area contributed by atoms with Gasteiger partial charge in [0.05, 0.1) is 16.8 Å². The van der Waals surface area contributed by atoms with Crippen LogP contribution in [0.1, 0.15) is 26.3 Å². The van der Waals surface area contributed by atoms with Crippen molar-refractivity contribution in [2.24, 2.45) is 0 Å². The maximum absolute atomic E-state index is 11.9. The lowest BCUT2D eigenvalue weighted by Crippen LogP contribution is -2.13. The van der Waals surface area contributed by atoms with E-state index in [0.717, 1.165) is 11.3 Å². The highest BCUT2D eigenvalue weighted by Gasteiger charge is 2.35. The third kappa shape index (κ3) is 1.77. The number of esters is 2. The Labute approximate surface area is 116 Å². The van der Waals surface area contributed by atoms with E-state index in [1.165, 1.54) is 0 Å². The van der Waals surface area contributed by atoms with Crippen LogP contribution in [0.2, 0.25) is 0 Å². The lowest BCUT2D eigenvalue weighted by Gasteiger charge is -2.21. The molecule has 1 aliphatic heterocycles. The zero-order valence-corrected chi connectivity index (χ0v) is 11.2. The van der Waals surface area contributed by atoms with E-state index in [4.69, 9.17) is 4.74 Å². The van der Waals surface area contributed by atoms with Gasteiger partial charge in [-0.2, -0.15) is 0 Å². The number of rotatable bonds is 2. The molecule has 20 heavy (non-hydrogen) atoms. The van der Waals surface area contributed by atoms with Crippen molar-refractivity contribution in [1.29, 1.82) is 0 Å². The fraction of sp³-hybridized carbons (Fsp3) is 0.125. The molecule has 0 atom stereocenters. The van der Waals surface area contributed by atoms with Crippen LogP contribution in [0.3, 0.4) is 0 Å². The van der Waals surface area contributed by atoms with Crippen molar-refractivity contribution in [3.8, 4) is 0 Å². The minimum absolute atomic E-state index is 0.348. The van der Waals surface area contributed by atoms with Crippen LogP contribution in [0, 0.1) is 6.92 Å². The van der Waals surface area contributed by atoms with Gasteiger partial charge in [-0.05, 0) is 30.7 Å². The molecule has 2 aromatic carbocycles. The van der Waals surface area contributed by atoms with Crippen molar-refractivity contribution in [2.45, 2.75) is 6.92 Å². The second-order valence-electron chi connectivity index (χ2n) is 4.72. The van der Waals surface area contributed by atoms with Gasteiger partial charge in [-0.25, -0.2) is 9.59 Å². The average molecular weight is 267 g/mol. The van der Waals surface area contributed by atoms with Crippen LogP contribution in [-0.2, 0) is 4.74 Å². The highest BCUT2D eigenvalue weighted by atomic mass is 16.6. The fourth-order valence-electron chi connectivity index (χ4n) is 2.42. The van der Waals surface area contributed by atoms with Crippen molar-refractivity contribution in [3.63, 3.8) is 0 Å². The Hall–Kier alpha value is -2.62. The van der Waals surface area contributed by atoms with Gasteiger partial charge >= 0.3 is 11.9 Å². The van der Waals surface area contributed by atoms with Gasteiger partial charge in [-0.15, -0.1) is 0 Å². The van der Waals surface area contributed by atoms with E-state index in [9.17, 15) is 9.59 Å². The lowest BCUT2D eigenvalue weighted by atomic mass is 10.0. The largest absolute Gasteiger partial charge is 0.386 e. The van der Waals surface area contributed by atoms with Gasteiger partial charge in [0.15, 0.2) is 0 Å². The molecule has 4 heteroatoms. The number of hydrogen-bond donors (Lipinski definition) is 0. The van der Waals surface area contributed by atoms with Crippen LogP contribution < -0.4 is 4.90 Å². The molecule has 2 aromatic rings. The highest BCUT2D eigenvalue weighted by Crippen LogP contribution is 2.34. The first-order chi connectivity index (χ1) is 9.59. The number of carbonyl (C=O) groups excluding carboxylic acids is 2. The first-order valence-electron chi connectivity index (χ1n) is 6.28. The van der Waals surface area contributed by atoms with Gasteiger partial charge in [0, 0.05) is 12.7 Å². The van der Waals surface area contributed by atoms with Crippen molar-refractivity contribution in [1.82, 2.24) is 0 Å². The summed E-state index contributed by atoms with van der Waals surface area (Å²) in [5.41, 5.74) is 3.08. The first kappa shape index (κ1) is 12.4. The van der Waals surface area contributed by atoms with Crippen LogP contribution >= 0.6 is 0 Å². The van der Waals surface area contributed by atoms with E-state index < -0.39 is 11.9 Å². The third-order valence-corrected chi connectivity index (χ3v) is 3.49. The second-order valence-corrected chi connectivity index (χ2v) is 4.72. The summed E-state index contributed by atoms with van der Waals surface area (Å²) in [5.74, 6) is -1.14. The maximum atomic E-state index is 11.9. The molecular weight excluding hydrogens is 254 g/mol. The van der Waals surface area contributed by atoms with Crippen molar-refractivity contribution in [2.75, 3.05) is 11.9 Å². The number of anilines is 2. The molecule has 0 aromatic heterocycles. The van der Waals surface area contributed by atoms with Crippen LogP contribution in [0.5, 0.6) is 0 Å². The summed E-state index contributed by atoms with van der Waals surface area (Å²) in [7, 11) is 1.86. The van der Waals surface area contributed by atoms with Crippen LogP contribution in [-0.4, -0.2) is 19.0 Å². The molecule has 3 rings (SSSR count). The zero-order chi connectivity index (χ0) is 14.3. The summed E-state index contributed by atoms with van der Waals surface area (Å²) < 4.78 is 4.73. The van der Waals surface area contributed by atoms with Gasteiger partial charge in [0.1, 0.15) is 0 Å². The molecule has 0 unspecified atom stereocenters. The van der Waals surface area contributed by atoms with Crippen molar-refractivity contribution < 1.29 is 14.3 Å². The molecule has 0 saturated carbocycles. The molecule has 100 valence electrons. The molecule has 0 N–H and O–H groups in total. The zero-order valence-electron chi connectivity index (χ0n) is 11.2. The Morgan fingerprint density at radius 2 is 1.55 bits per heavy atom. The Kier molecular flexibility index (Phi) is 2.79. The van der Waals surface area contributed by atoms with Gasteiger partial charge in [0.2, 0.25) is 0 Å². The predicted molar refractivity (Wildman–Crippen MR) is 75.4 cm³/mol. The Morgan fingerprint density at radius 3 is 2.25 bits per heavy atom. The van der Waals surface area contributed by atoms with Crippen LogP contribution in [0.15, 0.2) is 42.5 Å². The van der Waals surface area contributed by atoms with E-state index in [0.29, 0.717) is 16.8 Å². The Bertz CT molecular complexity index is 707. The summed E-state index contributed by atoms with van der Waals surface area (Å²) in [6.07, 6.45) is 0. The molecule has 0 fully saturated rings. The molecule has 0 spiro atoms. The number of fused-ring (bicyclic) bond motifs is 1. The molecule has 0 bridgehead atoms. The predicted octanol–water partition coefficient (Wildman–Crippen LogP) is 3.07. The van der Waals surface area contributed by atoms with Crippen LogP contribution in [0.25, 0.3) is 0 Å². The monoisotopic (exact) mass is 267 g/mol. The molecule has 0 radical (unpaired) electrons. The van der Waals surface area contributed by atoms with Crippen molar-refractivity contribution >= 4 is 23.3 Å². The standard InChI is InChI=1S/C16H13NO3/c1-10-8-9-12(14-13(10)15(18)20-16(14)19)17(2)11-6-4-3-5-7-11/h3-9H,1-2H3. The maximum Gasteiger partial charge on any atom is 0.349 e. The number of cyclic esters (lactones) is 2. The number of carbonyl (C=O) groups is 2. The van der Waals surface area contributed by atoms with Gasteiger partial charge in [-0.1, -0.05) is 24.3 Å². The lowest BCUT2D eigenvalue weighted by molar-refractivity contribution is 0.0444. The number of hydrogen-bond acceptors (Lipinski definition) is 4. The summed E-state index contributed by atoms with van der Waals surface area (Å²) in [6, 6.07) is 13.3. The summed E-state index contributed by atoms with van der Waals surface area (Å²) in [6.45, 7) is 1.80. The molecule has 1 aliphatic rings. The molecule has 0 saturated heterocycles. The number of benzene rings is 2. The van der Waals surface area contributed by atoms with Gasteiger partial charge < -0.3 is 9.64 Å². The number of ether oxygens (including phenoxy) is 1. The normalized spacial score (nSPS) is 13.1. The quantitative estimate of drug-likeness (QED) is 0.619. The summed E-state index contributed by atoms with van der Waals surface area (Å²) in [5, 5.41) is 0. The van der Waals surface area contributed by atoms with Crippen molar-refractivity contribution in [3.05, 3.63) is 59.2 Å². The number of para-hydroxylation sites is 1. The minimum Gasteiger partial charge on any atom is -0.386 e. The summed E-state index contributed by atoms with van der Waals surface area (Å²) >= 11 is 0. The average Bonchev–Trinajstić information content (AvgIpc) is 2.76. The second kappa shape index (κ2) is 4.49. The summed E-state index contributed by atoms with van der Waals surface area (Å²) in [4.78, 5) is 25.5. The van der Waals surface area contributed by atoms with Gasteiger partial charge in [0.25, 0.3) is 0 Å². The smallest absolute Gasteiger partial charge is 0.349 e. The molecular formula is C16H13NO3. The first-order valence-corrected chi connectivity index (χ1v) is 6.28. The molecule has 4 nitrogen and oxygen atoms in total. The number of nitrogens with zero attached hydrogens (tertiary/aromatic N) is 1. The Balaban J connectivity index is 2.17. The SMILES string of the molecule is Cc1ccc(N(C)c2ccccc2)c2c1C(=O)OC2=O. The van der Waals surface area contributed by atoms with E-state index in [1.807, 2.05) is 54.4 Å². The fourth-order valence-corrected chi connectivity index (χ4v) is 2.42. The highest BCUT2D eigenvalue weighted by molar-refractivity contribution is 6.18. The molecule has 1 heterocycles. The third-order valence-electron chi connectivity index (χ3n) is 3.49. The van der Waals surface area contributed by atoms with Gasteiger partial charge in [-0.3, -0.25) is 0 Å². The Morgan fingerprint density at radius 1 is 0.900 bits per heavy atom. The van der Waals surface area contributed by atoms with E-state index in [2.05, 4.69) is 0 Å². The van der Waals surface area contributed by atoms with E-state index in [1.54, 1.807) is 6.92 Å². The molecule has 0 amide bonds. The van der Waals surface area contributed by atoms with Crippen LogP contribution in [0.4, 0.5) is 11.4 Å². The van der Waals surface area contributed by atoms with E-state index in [-0.39, 0.29) is 0 Å². The topological polar surface area (TPSA) is 46.6 Å².